The van der Waals surface area contributed by atoms with Gasteiger partial charge < -0.3 is 10.0 Å². The monoisotopic (exact) mass is 233 g/mol. The Morgan fingerprint density at radius 3 is 2.71 bits per heavy atom. The third-order valence-electron chi connectivity index (χ3n) is 3.31. The Bertz CT molecular complexity index is 386. The van der Waals surface area contributed by atoms with E-state index in [1.165, 1.54) is 18.5 Å². The van der Waals surface area contributed by atoms with E-state index in [0.717, 1.165) is 24.6 Å². The number of piperidine rings is 1. The molecule has 1 aromatic rings. The number of benzene rings is 1. The molecule has 0 amide bonds. The summed E-state index contributed by atoms with van der Waals surface area (Å²) in [7, 11) is 0. The molecule has 3 heteroatoms. The Kier molecular flexibility index (Phi) is 3.67. The first-order valence-corrected chi connectivity index (χ1v) is 6.21. The van der Waals surface area contributed by atoms with Crippen LogP contribution in [0.15, 0.2) is 24.3 Å². The molecule has 1 aliphatic rings. The smallest absolute Gasteiger partial charge is 0.307 e. The summed E-state index contributed by atoms with van der Waals surface area (Å²) < 4.78 is 0. The van der Waals surface area contributed by atoms with E-state index in [4.69, 9.17) is 5.11 Å². The molecule has 3 nitrogen and oxygen atoms in total. The molecule has 92 valence electrons. The van der Waals surface area contributed by atoms with Crippen LogP contribution in [0.2, 0.25) is 0 Å². The van der Waals surface area contributed by atoms with Crippen molar-refractivity contribution in [2.24, 2.45) is 5.92 Å². The molecule has 1 fully saturated rings. The highest BCUT2D eigenvalue weighted by molar-refractivity contribution is 5.70. The lowest BCUT2D eigenvalue weighted by Gasteiger charge is -2.32. The van der Waals surface area contributed by atoms with E-state index in [9.17, 15) is 4.79 Å². The fourth-order valence-electron chi connectivity index (χ4n) is 2.42. The lowest BCUT2D eigenvalue weighted by Crippen LogP contribution is -2.34. The van der Waals surface area contributed by atoms with Crippen LogP contribution in [0.25, 0.3) is 0 Å². The van der Waals surface area contributed by atoms with Crippen LogP contribution < -0.4 is 4.90 Å². The third-order valence-corrected chi connectivity index (χ3v) is 3.31. The van der Waals surface area contributed by atoms with Crippen LogP contribution in [-0.4, -0.2) is 24.2 Å². The summed E-state index contributed by atoms with van der Waals surface area (Å²) >= 11 is 0. The number of carbonyl (C=O) groups is 1. The van der Waals surface area contributed by atoms with Crippen LogP contribution in [0.4, 0.5) is 5.69 Å². The molecular weight excluding hydrogens is 214 g/mol. The molecule has 0 spiro atoms. The van der Waals surface area contributed by atoms with Crippen molar-refractivity contribution >= 4 is 11.7 Å². The summed E-state index contributed by atoms with van der Waals surface area (Å²) in [6.07, 6.45) is 2.67. The van der Waals surface area contributed by atoms with Crippen LogP contribution in [0.1, 0.15) is 25.3 Å². The van der Waals surface area contributed by atoms with E-state index in [1.807, 2.05) is 24.3 Å². The standard InChI is InChI=1S/C14H19NO2/c1-11-3-2-8-15(10-11)13-6-4-12(5-7-13)9-14(16)17/h4-7,11H,2-3,8-10H2,1H3,(H,16,17). The maximum Gasteiger partial charge on any atom is 0.307 e. The Morgan fingerprint density at radius 2 is 2.12 bits per heavy atom. The Balaban J connectivity index is 2.04. The van der Waals surface area contributed by atoms with Gasteiger partial charge in [-0.25, -0.2) is 0 Å². The van der Waals surface area contributed by atoms with Gasteiger partial charge in [0.15, 0.2) is 0 Å². The predicted molar refractivity (Wildman–Crippen MR) is 68.4 cm³/mol. The van der Waals surface area contributed by atoms with Crippen LogP contribution in [-0.2, 0) is 11.2 Å². The van der Waals surface area contributed by atoms with E-state index in [0.29, 0.717) is 0 Å². The lowest BCUT2D eigenvalue weighted by atomic mass is 9.99. The van der Waals surface area contributed by atoms with Crippen LogP contribution in [0.3, 0.4) is 0 Å². The van der Waals surface area contributed by atoms with Crippen molar-refractivity contribution in [2.45, 2.75) is 26.2 Å². The molecule has 1 aromatic carbocycles. The molecule has 17 heavy (non-hydrogen) atoms. The van der Waals surface area contributed by atoms with Gasteiger partial charge in [0.25, 0.3) is 0 Å². The molecule has 1 heterocycles. The number of hydrogen-bond acceptors (Lipinski definition) is 2. The molecule has 0 saturated carbocycles. The first-order chi connectivity index (χ1) is 8.15. The average Bonchev–Trinajstić information content (AvgIpc) is 2.29. The topological polar surface area (TPSA) is 40.5 Å². The summed E-state index contributed by atoms with van der Waals surface area (Å²) in [4.78, 5) is 13.0. The summed E-state index contributed by atoms with van der Waals surface area (Å²) in [5.74, 6) is -0.0215. The fourth-order valence-corrected chi connectivity index (χ4v) is 2.42. The van der Waals surface area contributed by atoms with E-state index in [1.54, 1.807) is 0 Å². The second kappa shape index (κ2) is 5.21. The summed E-state index contributed by atoms with van der Waals surface area (Å²) in [6.45, 7) is 4.51. The van der Waals surface area contributed by atoms with Crippen molar-refractivity contribution in [1.29, 1.82) is 0 Å². The molecule has 1 atom stereocenters. The molecule has 2 rings (SSSR count). The van der Waals surface area contributed by atoms with Crippen molar-refractivity contribution in [3.8, 4) is 0 Å². The largest absolute Gasteiger partial charge is 0.481 e. The molecular formula is C14H19NO2. The minimum Gasteiger partial charge on any atom is -0.481 e. The molecule has 0 bridgehead atoms. The van der Waals surface area contributed by atoms with E-state index < -0.39 is 5.97 Å². The minimum absolute atomic E-state index is 0.108. The van der Waals surface area contributed by atoms with Crippen molar-refractivity contribution in [3.63, 3.8) is 0 Å². The Labute approximate surface area is 102 Å². The molecule has 1 N–H and O–H groups in total. The second-order valence-electron chi connectivity index (χ2n) is 4.93. The van der Waals surface area contributed by atoms with Gasteiger partial charge >= 0.3 is 5.97 Å². The number of anilines is 1. The lowest BCUT2D eigenvalue weighted by molar-refractivity contribution is -0.136. The zero-order valence-corrected chi connectivity index (χ0v) is 10.2. The van der Waals surface area contributed by atoms with Crippen molar-refractivity contribution < 1.29 is 9.90 Å². The highest BCUT2D eigenvalue weighted by Gasteiger charge is 2.16. The van der Waals surface area contributed by atoms with E-state index in [-0.39, 0.29) is 6.42 Å². The van der Waals surface area contributed by atoms with Gasteiger partial charge in [0, 0.05) is 18.8 Å². The quantitative estimate of drug-likeness (QED) is 0.872. The zero-order valence-electron chi connectivity index (χ0n) is 10.2. The van der Waals surface area contributed by atoms with Crippen molar-refractivity contribution in [3.05, 3.63) is 29.8 Å². The average molecular weight is 233 g/mol. The maximum atomic E-state index is 10.6. The Morgan fingerprint density at radius 1 is 1.41 bits per heavy atom. The maximum absolute atomic E-state index is 10.6. The summed E-state index contributed by atoms with van der Waals surface area (Å²) in [6, 6.07) is 7.91. The summed E-state index contributed by atoms with van der Waals surface area (Å²) in [5, 5.41) is 8.71. The number of aliphatic carboxylic acids is 1. The molecule has 1 saturated heterocycles. The van der Waals surface area contributed by atoms with Gasteiger partial charge in [0.1, 0.15) is 0 Å². The van der Waals surface area contributed by atoms with Gasteiger partial charge in [-0.1, -0.05) is 19.1 Å². The molecule has 1 unspecified atom stereocenters. The van der Waals surface area contributed by atoms with Crippen LogP contribution in [0.5, 0.6) is 0 Å². The van der Waals surface area contributed by atoms with E-state index >= 15 is 0 Å². The van der Waals surface area contributed by atoms with Gasteiger partial charge in [0.05, 0.1) is 6.42 Å². The number of hydrogen-bond donors (Lipinski definition) is 1. The highest BCUT2D eigenvalue weighted by atomic mass is 16.4. The van der Waals surface area contributed by atoms with Gasteiger partial charge in [-0.2, -0.15) is 0 Å². The SMILES string of the molecule is CC1CCCN(c2ccc(CC(=O)O)cc2)C1. The van der Waals surface area contributed by atoms with Crippen LogP contribution >= 0.6 is 0 Å². The first kappa shape index (κ1) is 12.0. The molecule has 0 aromatic heterocycles. The van der Waals surface area contributed by atoms with Gasteiger partial charge in [-0.3, -0.25) is 4.79 Å². The third kappa shape index (κ3) is 3.22. The molecule has 1 aliphatic heterocycles. The van der Waals surface area contributed by atoms with Crippen molar-refractivity contribution in [1.82, 2.24) is 0 Å². The van der Waals surface area contributed by atoms with Gasteiger partial charge in [-0.05, 0) is 36.5 Å². The minimum atomic E-state index is -0.774. The molecule has 0 radical (unpaired) electrons. The number of nitrogens with zero attached hydrogens (tertiary/aromatic N) is 1. The zero-order chi connectivity index (χ0) is 12.3. The van der Waals surface area contributed by atoms with Gasteiger partial charge in [0.2, 0.25) is 0 Å². The number of rotatable bonds is 3. The van der Waals surface area contributed by atoms with Crippen molar-refractivity contribution in [2.75, 3.05) is 18.0 Å². The summed E-state index contributed by atoms with van der Waals surface area (Å²) in [5.41, 5.74) is 2.08. The highest BCUT2D eigenvalue weighted by Crippen LogP contribution is 2.23. The predicted octanol–water partition coefficient (Wildman–Crippen LogP) is 2.55. The first-order valence-electron chi connectivity index (χ1n) is 6.21. The van der Waals surface area contributed by atoms with Gasteiger partial charge in [-0.15, -0.1) is 0 Å². The number of carboxylic acids is 1. The Hall–Kier alpha value is -1.51. The van der Waals surface area contributed by atoms with E-state index in [2.05, 4.69) is 11.8 Å². The normalized spacial score (nSPS) is 20.3. The molecule has 0 aliphatic carbocycles. The van der Waals surface area contributed by atoms with Crippen LogP contribution in [0, 0.1) is 5.92 Å². The number of carboxylic acid groups (broad SMARTS) is 1. The second-order valence-corrected chi connectivity index (χ2v) is 4.93. The fraction of sp³-hybridized carbons (Fsp3) is 0.500.